The first kappa shape index (κ1) is 24.8. The number of amides is 1. The van der Waals surface area contributed by atoms with Gasteiger partial charge in [-0.05, 0) is 73.0 Å². The van der Waals surface area contributed by atoms with E-state index in [1.54, 1.807) is 18.2 Å². The van der Waals surface area contributed by atoms with Crippen LogP contribution in [0, 0.1) is 12.3 Å². The van der Waals surface area contributed by atoms with Crippen molar-refractivity contribution < 1.29 is 19.0 Å². The zero-order valence-corrected chi connectivity index (χ0v) is 21.2. The Hall–Kier alpha value is -3.30. The molecule has 0 fully saturated rings. The minimum Gasteiger partial charge on any atom is -0.493 e. The van der Waals surface area contributed by atoms with Crippen LogP contribution in [0.3, 0.4) is 0 Å². The fourth-order valence-corrected chi connectivity index (χ4v) is 4.75. The molecular weight excluding hydrogens is 488 g/mol. The van der Waals surface area contributed by atoms with Gasteiger partial charge in [-0.1, -0.05) is 30.7 Å². The zero-order valence-electron chi connectivity index (χ0n) is 19.6. The number of ether oxygens (including phenoxy) is 3. The minimum atomic E-state index is -0.495. The van der Waals surface area contributed by atoms with Crippen molar-refractivity contribution in [3.05, 3.63) is 58.1 Å². The van der Waals surface area contributed by atoms with E-state index >= 15 is 0 Å². The molecule has 8 nitrogen and oxygen atoms in total. The predicted octanol–water partition coefficient (Wildman–Crippen LogP) is 5.53. The predicted molar refractivity (Wildman–Crippen MR) is 140 cm³/mol. The summed E-state index contributed by atoms with van der Waals surface area (Å²) < 4.78 is 17.0. The zero-order chi connectivity index (χ0) is 24.9. The number of thioether (sulfide) groups is 1. The van der Waals surface area contributed by atoms with Gasteiger partial charge < -0.3 is 14.2 Å². The van der Waals surface area contributed by atoms with E-state index in [1.807, 2.05) is 38.1 Å². The summed E-state index contributed by atoms with van der Waals surface area (Å²) in [6.07, 6.45) is 3.24. The van der Waals surface area contributed by atoms with E-state index in [1.165, 1.54) is 23.9 Å². The van der Waals surface area contributed by atoms with E-state index < -0.39 is 5.91 Å². The average molecular weight is 513 g/mol. The lowest BCUT2D eigenvalue weighted by molar-refractivity contribution is -0.114. The van der Waals surface area contributed by atoms with Crippen molar-refractivity contribution in [3.8, 4) is 17.2 Å². The molecule has 4 rings (SSSR count). The van der Waals surface area contributed by atoms with Crippen molar-refractivity contribution in [2.45, 2.75) is 26.7 Å². The van der Waals surface area contributed by atoms with Crippen LogP contribution in [0.15, 0.2) is 52.1 Å². The number of aryl methyl sites for hydroxylation is 1. The molecule has 0 atom stereocenters. The molecule has 10 heteroatoms. The second-order valence-corrected chi connectivity index (χ2v) is 9.26. The van der Waals surface area contributed by atoms with E-state index in [0.717, 1.165) is 29.2 Å². The highest BCUT2D eigenvalue weighted by Gasteiger charge is 2.35. The summed E-state index contributed by atoms with van der Waals surface area (Å²) in [6.45, 7) is 4.63. The number of amidine groups is 2. The highest BCUT2D eigenvalue weighted by atomic mass is 35.5. The monoisotopic (exact) mass is 512 g/mol. The van der Waals surface area contributed by atoms with Crippen molar-refractivity contribution in [1.82, 2.24) is 5.01 Å². The summed E-state index contributed by atoms with van der Waals surface area (Å²) in [5.74, 6) is 1.02. The lowest BCUT2D eigenvalue weighted by Crippen LogP contribution is -2.35. The topological polar surface area (TPSA) is 96.6 Å². The molecule has 0 aromatic heterocycles. The Balaban J connectivity index is 1.49. The number of hydrogen-bond donors (Lipinski definition) is 1. The SMILES string of the molecule is CCCC1=NN2C(=N)/C(=C/c3cc(Cl)c(OCCOc4cccc(C)c4)c(OC)c3)C(=O)N=C2S1. The lowest BCUT2D eigenvalue weighted by Gasteiger charge is -2.20. The number of halogens is 1. The third-order valence-electron chi connectivity index (χ3n) is 5.11. The van der Waals surface area contributed by atoms with Crippen LogP contribution in [0.25, 0.3) is 6.08 Å². The molecule has 2 heterocycles. The number of nitrogens with one attached hydrogen (secondary N) is 1. The maximum atomic E-state index is 12.6. The summed E-state index contributed by atoms with van der Waals surface area (Å²) in [6, 6.07) is 11.1. The first-order chi connectivity index (χ1) is 16.9. The van der Waals surface area contributed by atoms with Crippen molar-refractivity contribution in [1.29, 1.82) is 5.41 Å². The quantitative estimate of drug-likeness (QED) is 0.350. The summed E-state index contributed by atoms with van der Waals surface area (Å²) >= 11 is 7.81. The number of benzene rings is 2. The molecule has 1 N–H and O–H groups in total. The van der Waals surface area contributed by atoms with Crippen LogP contribution in [-0.2, 0) is 4.79 Å². The summed E-state index contributed by atoms with van der Waals surface area (Å²) in [7, 11) is 1.51. The smallest absolute Gasteiger partial charge is 0.283 e. The summed E-state index contributed by atoms with van der Waals surface area (Å²) in [5, 5.41) is 15.9. The summed E-state index contributed by atoms with van der Waals surface area (Å²) in [4.78, 5) is 16.8. The van der Waals surface area contributed by atoms with E-state index in [2.05, 4.69) is 10.1 Å². The molecule has 2 aliphatic rings. The molecule has 182 valence electrons. The number of nitrogens with zero attached hydrogens (tertiary/aromatic N) is 3. The van der Waals surface area contributed by atoms with Crippen LogP contribution in [0.2, 0.25) is 5.02 Å². The fraction of sp³-hybridized carbons (Fsp3) is 0.280. The summed E-state index contributed by atoms with van der Waals surface area (Å²) in [5.41, 5.74) is 1.81. The van der Waals surface area contributed by atoms with Crippen LogP contribution >= 0.6 is 23.4 Å². The highest BCUT2D eigenvalue weighted by molar-refractivity contribution is 8.26. The van der Waals surface area contributed by atoms with Crippen molar-refractivity contribution >= 4 is 51.4 Å². The van der Waals surface area contributed by atoms with Gasteiger partial charge in [0.25, 0.3) is 5.91 Å². The third-order valence-corrected chi connectivity index (χ3v) is 6.36. The van der Waals surface area contributed by atoms with E-state index in [9.17, 15) is 4.79 Å². The molecule has 2 aromatic rings. The molecule has 2 aromatic carbocycles. The van der Waals surface area contributed by atoms with Gasteiger partial charge in [-0.2, -0.15) is 15.1 Å². The van der Waals surface area contributed by atoms with Gasteiger partial charge in [0.15, 0.2) is 17.3 Å². The molecule has 0 spiro atoms. The highest BCUT2D eigenvalue weighted by Crippen LogP contribution is 2.38. The number of carbonyl (C=O) groups is 1. The van der Waals surface area contributed by atoms with Gasteiger partial charge in [-0.3, -0.25) is 10.2 Å². The maximum Gasteiger partial charge on any atom is 0.283 e. The van der Waals surface area contributed by atoms with Crippen molar-refractivity contribution in [2.24, 2.45) is 10.1 Å². The Labute approximate surface area is 213 Å². The number of carbonyl (C=O) groups excluding carboxylic acids is 1. The molecule has 2 aliphatic heterocycles. The number of aliphatic imine (C=N–C) groups is 1. The van der Waals surface area contributed by atoms with Crippen molar-refractivity contribution in [2.75, 3.05) is 20.3 Å². The Morgan fingerprint density at radius 1 is 1.20 bits per heavy atom. The minimum absolute atomic E-state index is 0.0256. The third kappa shape index (κ3) is 5.68. The first-order valence-corrected chi connectivity index (χ1v) is 12.3. The molecule has 0 unspecified atom stereocenters. The Bertz CT molecular complexity index is 1260. The Morgan fingerprint density at radius 2 is 2.00 bits per heavy atom. The molecule has 0 bridgehead atoms. The van der Waals surface area contributed by atoms with E-state index in [-0.39, 0.29) is 18.0 Å². The molecule has 35 heavy (non-hydrogen) atoms. The van der Waals surface area contributed by atoms with Gasteiger partial charge >= 0.3 is 0 Å². The van der Waals surface area contributed by atoms with Crippen LogP contribution in [0.1, 0.15) is 30.9 Å². The van der Waals surface area contributed by atoms with Gasteiger partial charge in [-0.15, -0.1) is 0 Å². The Kier molecular flexibility index (Phi) is 7.77. The largest absolute Gasteiger partial charge is 0.493 e. The van der Waals surface area contributed by atoms with Crippen molar-refractivity contribution in [3.63, 3.8) is 0 Å². The van der Waals surface area contributed by atoms with E-state index in [4.69, 9.17) is 31.2 Å². The number of hydrazone groups is 1. The molecule has 0 aliphatic carbocycles. The first-order valence-electron chi connectivity index (χ1n) is 11.1. The second kappa shape index (κ2) is 11.0. The normalized spacial score (nSPS) is 16.2. The van der Waals surface area contributed by atoms with Gasteiger partial charge in [0.2, 0.25) is 5.17 Å². The number of hydrogen-bond acceptors (Lipinski definition) is 7. The molecule has 0 saturated carbocycles. The molecule has 0 saturated heterocycles. The van der Waals surface area contributed by atoms with Gasteiger partial charge in [0.05, 0.1) is 17.7 Å². The van der Waals surface area contributed by atoms with Gasteiger partial charge in [0.1, 0.15) is 24.0 Å². The van der Waals surface area contributed by atoms with Crippen LogP contribution in [0.5, 0.6) is 17.2 Å². The maximum absolute atomic E-state index is 12.6. The van der Waals surface area contributed by atoms with Crippen LogP contribution in [0.4, 0.5) is 0 Å². The number of rotatable bonds is 9. The Morgan fingerprint density at radius 3 is 2.74 bits per heavy atom. The van der Waals surface area contributed by atoms with E-state index in [0.29, 0.717) is 33.9 Å². The average Bonchev–Trinajstić information content (AvgIpc) is 3.23. The standard InChI is InChI=1S/C25H25ClN4O4S/c1-4-6-21-29-30-23(27)18(24(31)28-25(30)35-21)12-16-13-19(26)22(20(14-16)32-3)34-10-9-33-17-8-5-7-15(2)11-17/h5,7-8,11-14,27H,4,6,9-10H2,1-3H3/b18-12-,27-23?. The molecule has 1 amide bonds. The van der Waals surface area contributed by atoms with Crippen LogP contribution in [-0.4, -0.2) is 47.3 Å². The van der Waals surface area contributed by atoms with Gasteiger partial charge in [-0.25, -0.2) is 0 Å². The molecular formula is C25H25ClN4O4S. The lowest BCUT2D eigenvalue weighted by atomic mass is 10.1. The fourth-order valence-electron chi connectivity index (χ4n) is 3.48. The van der Waals surface area contributed by atoms with Crippen LogP contribution < -0.4 is 14.2 Å². The van der Waals surface area contributed by atoms with Gasteiger partial charge in [0, 0.05) is 0 Å². The molecule has 0 radical (unpaired) electrons. The second-order valence-electron chi connectivity index (χ2n) is 7.81. The number of fused-ring (bicyclic) bond motifs is 1. The number of methoxy groups -OCH3 is 1.